The molecule has 0 aliphatic carbocycles. The Balaban J connectivity index is 1.32. The molecule has 0 saturated heterocycles. The molecule has 0 spiro atoms. The fourth-order valence-electron chi connectivity index (χ4n) is 4.66. The van der Waals surface area contributed by atoms with Crippen molar-refractivity contribution in [3.8, 4) is 11.5 Å². The average molecular weight is 608 g/mol. The van der Waals surface area contributed by atoms with Crippen molar-refractivity contribution in [1.82, 2.24) is 14.6 Å². The first-order valence-corrected chi connectivity index (χ1v) is 13.6. The van der Waals surface area contributed by atoms with Crippen LogP contribution in [0.5, 0.6) is 11.5 Å². The van der Waals surface area contributed by atoms with Gasteiger partial charge in [0.1, 0.15) is 11.1 Å². The molecular formula is C27H16BrClN4O4S. The molecule has 0 fully saturated rings. The Morgan fingerprint density at radius 2 is 1.84 bits per heavy atom. The van der Waals surface area contributed by atoms with E-state index in [9.17, 15) is 9.59 Å². The minimum atomic E-state index is -0.552. The van der Waals surface area contributed by atoms with Crippen molar-refractivity contribution >= 4 is 61.0 Å². The smallest absolute Gasteiger partial charge is 0.291 e. The molecule has 7 rings (SSSR count). The molecular weight excluding hydrogens is 592 g/mol. The van der Waals surface area contributed by atoms with Crippen LogP contribution in [0.25, 0.3) is 10.5 Å². The van der Waals surface area contributed by atoms with Crippen LogP contribution in [0.2, 0.25) is 5.02 Å². The average Bonchev–Trinajstić information content (AvgIpc) is 3.55. The highest BCUT2D eigenvalue weighted by Gasteiger charge is 2.35. The van der Waals surface area contributed by atoms with Gasteiger partial charge < -0.3 is 14.4 Å². The van der Waals surface area contributed by atoms with Crippen LogP contribution in [0.4, 0.5) is 5.69 Å². The van der Waals surface area contributed by atoms with Gasteiger partial charge in [-0.05, 0) is 42.0 Å². The highest BCUT2D eigenvalue weighted by atomic mass is 79.9. The second-order valence-corrected chi connectivity index (χ2v) is 11.1. The van der Waals surface area contributed by atoms with Gasteiger partial charge in [0, 0.05) is 15.1 Å². The summed E-state index contributed by atoms with van der Waals surface area (Å²) in [4.78, 5) is 33.9. The lowest BCUT2D eigenvalue weighted by Gasteiger charge is -2.24. The Labute approximate surface area is 232 Å². The Bertz CT molecular complexity index is 1890. The number of thiazole rings is 1. The van der Waals surface area contributed by atoms with Crippen molar-refractivity contribution in [3.05, 3.63) is 108 Å². The molecule has 4 heterocycles. The number of aromatic nitrogens is 3. The number of hydrogen-bond acceptors (Lipinski definition) is 7. The van der Waals surface area contributed by atoms with Crippen LogP contribution in [0, 0.1) is 0 Å². The Kier molecular flexibility index (Phi) is 5.50. The highest BCUT2D eigenvalue weighted by molar-refractivity contribution is 9.10. The minimum absolute atomic E-state index is 0.226. The van der Waals surface area contributed by atoms with Crippen LogP contribution in [0.1, 0.15) is 23.1 Å². The largest absolute Gasteiger partial charge is 0.485 e. The lowest BCUT2D eigenvalue weighted by molar-refractivity contribution is -0.113. The first-order chi connectivity index (χ1) is 18.5. The van der Waals surface area contributed by atoms with Gasteiger partial charge >= 0.3 is 0 Å². The second kappa shape index (κ2) is 8.93. The number of fused-ring (bicyclic) bond motifs is 3. The maximum atomic E-state index is 13.8. The minimum Gasteiger partial charge on any atom is -0.485 e. The standard InChI is InChI=1S/C27H16BrClN4O4S/c28-15-9-10-18-16(11-15)22(25(34)32(18)12-14-5-1-2-6-17(14)29)23-26(35)33-27(38-23)30-24(31-33)21-13-36-19-7-3-4-8-20(19)37-21/h1-11,21H,12-13H2. The fraction of sp³-hybridized carbons (Fsp3) is 0.111. The van der Waals surface area contributed by atoms with Gasteiger partial charge in [0.05, 0.1) is 17.8 Å². The molecule has 1 amide bonds. The molecule has 1 unspecified atom stereocenters. The zero-order valence-corrected chi connectivity index (χ0v) is 22.6. The first kappa shape index (κ1) is 23.4. The van der Waals surface area contributed by atoms with E-state index in [0.29, 0.717) is 44.1 Å². The van der Waals surface area contributed by atoms with Crippen molar-refractivity contribution in [2.45, 2.75) is 12.6 Å². The first-order valence-electron chi connectivity index (χ1n) is 11.7. The van der Waals surface area contributed by atoms with Gasteiger partial charge in [-0.15, -0.1) is 5.10 Å². The zero-order valence-electron chi connectivity index (χ0n) is 19.4. The molecule has 11 heteroatoms. The lowest BCUT2D eigenvalue weighted by Crippen LogP contribution is -2.32. The molecule has 0 N–H and O–H groups in total. The third-order valence-corrected chi connectivity index (χ3v) is 8.35. The van der Waals surface area contributed by atoms with Gasteiger partial charge in [-0.2, -0.15) is 9.50 Å². The van der Waals surface area contributed by atoms with Crippen molar-refractivity contribution in [3.63, 3.8) is 0 Å². The predicted octanol–water partition coefficient (Wildman–Crippen LogP) is 4.54. The van der Waals surface area contributed by atoms with E-state index in [0.717, 1.165) is 21.4 Å². The van der Waals surface area contributed by atoms with E-state index in [1.807, 2.05) is 60.7 Å². The van der Waals surface area contributed by atoms with Crippen molar-refractivity contribution in [2.24, 2.45) is 0 Å². The van der Waals surface area contributed by atoms with Gasteiger partial charge in [0.25, 0.3) is 11.5 Å². The number of para-hydroxylation sites is 2. The van der Waals surface area contributed by atoms with Crippen LogP contribution in [0.3, 0.4) is 0 Å². The molecule has 8 nitrogen and oxygen atoms in total. The number of nitrogens with zero attached hydrogens (tertiary/aromatic N) is 4. The van der Waals surface area contributed by atoms with E-state index in [4.69, 9.17) is 21.1 Å². The van der Waals surface area contributed by atoms with Gasteiger partial charge in [0.15, 0.2) is 23.4 Å². The summed E-state index contributed by atoms with van der Waals surface area (Å²) in [6.07, 6.45) is -0.552. The highest BCUT2D eigenvalue weighted by Crippen LogP contribution is 2.39. The maximum Gasteiger partial charge on any atom is 0.291 e. The normalized spacial score (nSPS) is 17.8. The summed E-state index contributed by atoms with van der Waals surface area (Å²) < 4.78 is 14.1. The summed E-state index contributed by atoms with van der Waals surface area (Å²) in [6, 6.07) is 20.3. The fourth-order valence-corrected chi connectivity index (χ4v) is 6.22. The number of carbonyl (C=O) groups excluding carboxylic acids is 1. The number of anilines is 1. The molecule has 3 aromatic carbocycles. The maximum absolute atomic E-state index is 13.8. The third-order valence-electron chi connectivity index (χ3n) is 6.46. The summed E-state index contributed by atoms with van der Waals surface area (Å²) in [5.41, 5.74) is 2.10. The monoisotopic (exact) mass is 606 g/mol. The van der Waals surface area contributed by atoms with Crippen LogP contribution >= 0.6 is 38.9 Å². The van der Waals surface area contributed by atoms with Crippen LogP contribution in [0.15, 0.2) is 76.0 Å². The summed E-state index contributed by atoms with van der Waals surface area (Å²) in [5, 5.41) is 5.00. The van der Waals surface area contributed by atoms with E-state index in [1.165, 1.54) is 4.52 Å². The van der Waals surface area contributed by atoms with Crippen molar-refractivity contribution in [2.75, 3.05) is 11.5 Å². The Hall–Kier alpha value is -3.73. The molecule has 2 aliphatic rings. The zero-order chi connectivity index (χ0) is 26.0. The lowest BCUT2D eigenvalue weighted by atomic mass is 10.1. The molecule has 188 valence electrons. The Morgan fingerprint density at radius 3 is 2.66 bits per heavy atom. The van der Waals surface area contributed by atoms with Crippen molar-refractivity contribution in [1.29, 1.82) is 0 Å². The molecule has 5 aromatic rings. The van der Waals surface area contributed by atoms with E-state index in [1.54, 1.807) is 11.0 Å². The number of benzene rings is 3. The summed E-state index contributed by atoms with van der Waals surface area (Å²) >= 11 is 11.0. The number of halogens is 2. The van der Waals surface area contributed by atoms with Crippen LogP contribution in [-0.4, -0.2) is 27.1 Å². The van der Waals surface area contributed by atoms with Gasteiger partial charge in [-0.3, -0.25) is 9.59 Å². The number of carbonyl (C=O) groups is 1. The van der Waals surface area contributed by atoms with Crippen molar-refractivity contribution < 1.29 is 14.3 Å². The number of amides is 1. The molecule has 2 aliphatic heterocycles. The summed E-state index contributed by atoms with van der Waals surface area (Å²) in [5.74, 6) is 1.32. The molecule has 0 bridgehead atoms. The SMILES string of the molecule is O=C1C(=c2sc3nc(C4COc5ccccc5O4)nn3c2=O)c2cc(Br)ccc2N1Cc1ccccc1Cl. The van der Waals surface area contributed by atoms with Gasteiger partial charge in [-0.25, -0.2) is 0 Å². The number of rotatable bonds is 3. The topological polar surface area (TPSA) is 86.0 Å². The summed E-state index contributed by atoms with van der Waals surface area (Å²) in [7, 11) is 0. The van der Waals surface area contributed by atoms with E-state index in [-0.39, 0.29) is 23.6 Å². The molecule has 38 heavy (non-hydrogen) atoms. The molecule has 1 atom stereocenters. The van der Waals surface area contributed by atoms with Crippen LogP contribution in [-0.2, 0) is 11.3 Å². The van der Waals surface area contributed by atoms with Crippen LogP contribution < -0.4 is 24.5 Å². The predicted molar refractivity (Wildman–Crippen MR) is 147 cm³/mol. The van der Waals surface area contributed by atoms with Gasteiger partial charge in [0.2, 0.25) is 4.96 Å². The number of hydrogen-bond donors (Lipinski definition) is 0. The van der Waals surface area contributed by atoms with Gasteiger partial charge in [-0.1, -0.05) is 69.2 Å². The third kappa shape index (κ3) is 3.71. The molecule has 2 aromatic heterocycles. The quantitative estimate of drug-likeness (QED) is 0.299. The van der Waals surface area contributed by atoms with E-state index in [2.05, 4.69) is 26.0 Å². The molecule has 0 radical (unpaired) electrons. The Morgan fingerprint density at radius 1 is 1.05 bits per heavy atom. The molecule has 0 saturated carbocycles. The summed E-state index contributed by atoms with van der Waals surface area (Å²) in [6.45, 7) is 0.500. The second-order valence-electron chi connectivity index (χ2n) is 8.78. The number of ether oxygens (including phenoxy) is 2. The van der Waals surface area contributed by atoms with E-state index >= 15 is 0 Å². The van der Waals surface area contributed by atoms with E-state index < -0.39 is 11.7 Å².